The molecule has 0 rings (SSSR count). The molecule has 0 saturated heterocycles. The summed E-state index contributed by atoms with van der Waals surface area (Å²) in [5.74, 6) is -0.103. The van der Waals surface area contributed by atoms with E-state index in [9.17, 15) is 4.79 Å². The van der Waals surface area contributed by atoms with Crippen molar-refractivity contribution in [3.63, 3.8) is 0 Å². The summed E-state index contributed by atoms with van der Waals surface area (Å²) >= 11 is 0. The summed E-state index contributed by atoms with van der Waals surface area (Å²) < 4.78 is 0. The van der Waals surface area contributed by atoms with Gasteiger partial charge in [-0.15, -0.1) is 0 Å². The van der Waals surface area contributed by atoms with Crippen molar-refractivity contribution >= 4 is 5.91 Å². The lowest BCUT2D eigenvalue weighted by Gasteiger charge is -2.26. The van der Waals surface area contributed by atoms with Crippen molar-refractivity contribution in [3.05, 3.63) is 0 Å². The second-order valence-corrected chi connectivity index (χ2v) is 4.83. The molecule has 0 fully saturated rings. The molecule has 4 N–H and O–H groups in total. The maximum atomic E-state index is 11.3. The number of hydrogen-bond donors (Lipinski definition) is 3. The van der Waals surface area contributed by atoms with Crippen LogP contribution in [0.2, 0.25) is 0 Å². The molecular formula is C10H22N2O2. The summed E-state index contributed by atoms with van der Waals surface area (Å²) in [7, 11) is 0. The Balaban J connectivity index is 3.84. The Morgan fingerprint density at radius 2 is 2.00 bits per heavy atom. The number of amides is 1. The van der Waals surface area contributed by atoms with Gasteiger partial charge in [-0.1, -0.05) is 20.8 Å². The van der Waals surface area contributed by atoms with Gasteiger partial charge < -0.3 is 16.2 Å². The lowest BCUT2D eigenvalue weighted by atomic mass is 9.85. The molecule has 0 aliphatic heterocycles. The van der Waals surface area contributed by atoms with E-state index in [1.54, 1.807) is 6.92 Å². The van der Waals surface area contributed by atoms with Gasteiger partial charge in [-0.25, -0.2) is 0 Å². The summed E-state index contributed by atoms with van der Waals surface area (Å²) in [6.45, 7) is 7.92. The van der Waals surface area contributed by atoms with Crippen molar-refractivity contribution in [2.45, 2.75) is 46.3 Å². The topological polar surface area (TPSA) is 75.3 Å². The van der Waals surface area contributed by atoms with E-state index in [0.29, 0.717) is 6.42 Å². The highest BCUT2D eigenvalue weighted by Gasteiger charge is 2.22. The fraction of sp³-hybridized carbons (Fsp3) is 0.900. The highest BCUT2D eigenvalue weighted by molar-refractivity contribution is 5.76. The Hall–Kier alpha value is -0.610. The van der Waals surface area contributed by atoms with Crippen LogP contribution in [-0.2, 0) is 4.79 Å². The van der Waals surface area contributed by atoms with Gasteiger partial charge in [0.05, 0.1) is 6.10 Å². The molecule has 14 heavy (non-hydrogen) atoms. The fourth-order valence-electron chi connectivity index (χ4n) is 0.840. The SMILES string of the molecule is CC(O)CNC(=O)CC(N)C(C)(C)C. The van der Waals surface area contributed by atoms with Gasteiger partial charge in [-0.2, -0.15) is 0 Å². The average molecular weight is 202 g/mol. The third-order valence-corrected chi connectivity index (χ3v) is 2.11. The molecule has 0 bridgehead atoms. The predicted octanol–water partition coefficient (Wildman–Crippen LogP) is 0.247. The summed E-state index contributed by atoms with van der Waals surface area (Å²) in [6.07, 6.45) is -0.208. The first-order valence-electron chi connectivity index (χ1n) is 4.94. The lowest BCUT2D eigenvalue weighted by Crippen LogP contribution is -2.41. The molecule has 0 saturated carbocycles. The van der Waals surface area contributed by atoms with E-state index in [-0.39, 0.29) is 23.9 Å². The van der Waals surface area contributed by atoms with Crippen LogP contribution in [0.1, 0.15) is 34.1 Å². The van der Waals surface area contributed by atoms with Crippen molar-refractivity contribution < 1.29 is 9.90 Å². The Labute approximate surface area is 85.9 Å². The molecule has 1 amide bonds. The van der Waals surface area contributed by atoms with Crippen molar-refractivity contribution in [2.75, 3.05) is 6.54 Å². The fourth-order valence-corrected chi connectivity index (χ4v) is 0.840. The van der Waals surface area contributed by atoms with Crippen LogP contribution in [0, 0.1) is 5.41 Å². The van der Waals surface area contributed by atoms with Gasteiger partial charge in [0.25, 0.3) is 0 Å². The van der Waals surface area contributed by atoms with E-state index >= 15 is 0 Å². The Kier molecular flexibility index (Phi) is 5.08. The minimum atomic E-state index is -0.509. The van der Waals surface area contributed by atoms with Crippen molar-refractivity contribution in [1.82, 2.24) is 5.32 Å². The van der Waals surface area contributed by atoms with E-state index in [1.165, 1.54) is 0 Å². The zero-order chi connectivity index (χ0) is 11.4. The number of carbonyl (C=O) groups excluding carboxylic acids is 1. The number of aliphatic hydroxyl groups is 1. The Morgan fingerprint density at radius 3 is 2.36 bits per heavy atom. The van der Waals surface area contributed by atoms with Crippen LogP contribution in [0.15, 0.2) is 0 Å². The van der Waals surface area contributed by atoms with Gasteiger partial charge in [0, 0.05) is 19.0 Å². The monoisotopic (exact) mass is 202 g/mol. The van der Waals surface area contributed by atoms with Gasteiger partial charge in [-0.3, -0.25) is 4.79 Å². The van der Waals surface area contributed by atoms with Crippen molar-refractivity contribution in [3.8, 4) is 0 Å². The van der Waals surface area contributed by atoms with Gasteiger partial charge in [0.15, 0.2) is 0 Å². The normalized spacial score (nSPS) is 16.1. The quantitative estimate of drug-likeness (QED) is 0.611. The molecule has 0 aliphatic carbocycles. The minimum Gasteiger partial charge on any atom is -0.392 e. The predicted molar refractivity (Wildman–Crippen MR) is 56.7 cm³/mol. The van der Waals surface area contributed by atoms with E-state index in [1.807, 2.05) is 20.8 Å². The first-order chi connectivity index (χ1) is 6.23. The minimum absolute atomic E-state index is 0.0673. The van der Waals surface area contributed by atoms with E-state index < -0.39 is 6.10 Å². The van der Waals surface area contributed by atoms with Crippen LogP contribution in [0.25, 0.3) is 0 Å². The van der Waals surface area contributed by atoms with Gasteiger partial charge in [-0.05, 0) is 12.3 Å². The molecule has 84 valence electrons. The highest BCUT2D eigenvalue weighted by atomic mass is 16.3. The summed E-state index contributed by atoms with van der Waals surface area (Å²) in [5, 5.41) is 11.6. The second-order valence-electron chi connectivity index (χ2n) is 4.83. The van der Waals surface area contributed by atoms with Crippen LogP contribution in [-0.4, -0.2) is 29.7 Å². The van der Waals surface area contributed by atoms with Crippen LogP contribution in [0.5, 0.6) is 0 Å². The molecule has 0 aliphatic rings. The molecule has 4 heteroatoms. The second kappa shape index (κ2) is 5.32. The summed E-state index contributed by atoms with van der Waals surface area (Å²) in [5.41, 5.74) is 5.77. The molecule has 0 aromatic heterocycles. The first-order valence-corrected chi connectivity index (χ1v) is 4.94. The number of carbonyl (C=O) groups is 1. The highest BCUT2D eigenvalue weighted by Crippen LogP contribution is 2.19. The smallest absolute Gasteiger partial charge is 0.221 e. The molecule has 0 aromatic rings. The molecule has 2 unspecified atom stereocenters. The number of nitrogens with two attached hydrogens (primary N) is 1. The van der Waals surface area contributed by atoms with Crippen LogP contribution >= 0.6 is 0 Å². The number of hydrogen-bond acceptors (Lipinski definition) is 3. The maximum absolute atomic E-state index is 11.3. The van der Waals surface area contributed by atoms with Crippen LogP contribution in [0.4, 0.5) is 0 Å². The largest absolute Gasteiger partial charge is 0.392 e. The molecule has 0 radical (unpaired) electrons. The van der Waals surface area contributed by atoms with Crippen LogP contribution in [0.3, 0.4) is 0 Å². The summed E-state index contributed by atoms with van der Waals surface area (Å²) in [6, 6.07) is -0.156. The third-order valence-electron chi connectivity index (χ3n) is 2.11. The Morgan fingerprint density at radius 1 is 1.50 bits per heavy atom. The number of aliphatic hydroxyl groups excluding tert-OH is 1. The number of rotatable bonds is 4. The van der Waals surface area contributed by atoms with E-state index in [4.69, 9.17) is 10.8 Å². The first kappa shape index (κ1) is 13.4. The molecule has 2 atom stereocenters. The molecule has 0 aromatic carbocycles. The van der Waals surface area contributed by atoms with Crippen LogP contribution < -0.4 is 11.1 Å². The lowest BCUT2D eigenvalue weighted by molar-refractivity contribution is -0.122. The Bertz CT molecular complexity index is 185. The number of nitrogens with one attached hydrogen (secondary N) is 1. The zero-order valence-electron chi connectivity index (χ0n) is 9.50. The zero-order valence-corrected chi connectivity index (χ0v) is 9.50. The van der Waals surface area contributed by atoms with Gasteiger partial charge in [0.1, 0.15) is 0 Å². The standard InChI is InChI=1S/C10H22N2O2/c1-7(13)6-12-9(14)5-8(11)10(2,3)4/h7-8,13H,5-6,11H2,1-4H3,(H,12,14). The van der Waals surface area contributed by atoms with Gasteiger partial charge >= 0.3 is 0 Å². The molecule has 0 spiro atoms. The van der Waals surface area contributed by atoms with Crippen molar-refractivity contribution in [2.24, 2.45) is 11.1 Å². The third kappa shape index (κ3) is 5.94. The van der Waals surface area contributed by atoms with E-state index in [0.717, 1.165) is 0 Å². The maximum Gasteiger partial charge on any atom is 0.221 e. The van der Waals surface area contributed by atoms with E-state index in [2.05, 4.69) is 5.32 Å². The molecule has 4 nitrogen and oxygen atoms in total. The molecular weight excluding hydrogens is 180 g/mol. The average Bonchev–Trinajstić information content (AvgIpc) is 1.99. The van der Waals surface area contributed by atoms with Crippen molar-refractivity contribution in [1.29, 1.82) is 0 Å². The summed E-state index contributed by atoms with van der Waals surface area (Å²) in [4.78, 5) is 11.3. The van der Waals surface area contributed by atoms with Gasteiger partial charge in [0.2, 0.25) is 5.91 Å². The molecule has 0 heterocycles.